The SMILES string of the molecule is CC[Si](C)(C)OC(C)=O. The van der Waals surface area contributed by atoms with E-state index >= 15 is 0 Å². The van der Waals surface area contributed by atoms with Gasteiger partial charge in [0.15, 0.2) is 0 Å². The molecule has 0 unspecified atom stereocenters. The second-order valence-corrected chi connectivity index (χ2v) is 7.14. The molecule has 0 rings (SSSR count). The molecular formula is C6H14O2Si. The largest absolute Gasteiger partial charge is 0.520 e. The predicted molar refractivity (Wildman–Crippen MR) is 39.7 cm³/mol. The highest BCUT2D eigenvalue weighted by Crippen LogP contribution is 2.09. The Morgan fingerprint density at radius 1 is 1.56 bits per heavy atom. The van der Waals surface area contributed by atoms with Crippen LogP contribution in [0.5, 0.6) is 0 Å². The Morgan fingerprint density at radius 3 is 2.11 bits per heavy atom. The summed E-state index contributed by atoms with van der Waals surface area (Å²) >= 11 is 0. The van der Waals surface area contributed by atoms with Crippen molar-refractivity contribution < 1.29 is 9.22 Å². The second kappa shape index (κ2) is 3.01. The molecular weight excluding hydrogens is 132 g/mol. The summed E-state index contributed by atoms with van der Waals surface area (Å²) in [5.41, 5.74) is 0. The fourth-order valence-corrected chi connectivity index (χ4v) is 1.38. The first-order chi connectivity index (χ1) is 3.98. The lowest BCUT2D eigenvalue weighted by Crippen LogP contribution is -2.31. The van der Waals surface area contributed by atoms with Gasteiger partial charge in [-0.15, -0.1) is 0 Å². The van der Waals surface area contributed by atoms with Gasteiger partial charge < -0.3 is 4.43 Å². The van der Waals surface area contributed by atoms with Gasteiger partial charge in [-0.2, -0.15) is 0 Å². The number of rotatable bonds is 2. The van der Waals surface area contributed by atoms with Crippen molar-refractivity contribution in [3.63, 3.8) is 0 Å². The van der Waals surface area contributed by atoms with E-state index in [0.717, 1.165) is 6.04 Å². The predicted octanol–water partition coefficient (Wildman–Crippen LogP) is 1.77. The van der Waals surface area contributed by atoms with Crippen LogP contribution in [0.3, 0.4) is 0 Å². The minimum atomic E-state index is -1.59. The molecule has 0 spiro atoms. The molecule has 0 aliphatic carbocycles. The minimum Gasteiger partial charge on any atom is -0.520 e. The Balaban J connectivity index is 3.71. The average molecular weight is 146 g/mol. The maximum Gasteiger partial charge on any atom is 0.289 e. The van der Waals surface area contributed by atoms with Crippen LogP contribution in [0.1, 0.15) is 13.8 Å². The molecule has 3 heteroatoms. The van der Waals surface area contributed by atoms with E-state index < -0.39 is 8.32 Å². The molecule has 0 aromatic heterocycles. The molecule has 0 radical (unpaired) electrons. The lowest BCUT2D eigenvalue weighted by molar-refractivity contribution is -0.132. The van der Waals surface area contributed by atoms with Crippen LogP contribution in [0.2, 0.25) is 19.1 Å². The summed E-state index contributed by atoms with van der Waals surface area (Å²) in [4.78, 5) is 10.4. The van der Waals surface area contributed by atoms with E-state index in [-0.39, 0.29) is 5.97 Å². The molecule has 0 aromatic rings. The van der Waals surface area contributed by atoms with Gasteiger partial charge in [0, 0.05) is 6.92 Å². The van der Waals surface area contributed by atoms with Crippen molar-refractivity contribution in [3.8, 4) is 0 Å². The van der Waals surface area contributed by atoms with Gasteiger partial charge in [-0.3, -0.25) is 4.79 Å². The minimum absolute atomic E-state index is 0.145. The number of hydrogen-bond donors (Lipinski definition) is 0. The third kappa shape index (κ3) is 4.21. The smallest absolute Gasteiger partial charge is 0.289 e. The average Bonchev–Trinajstić information content (AvgIpc) is 1.63. The summed E-state index contributed by atoms with van der Waals surface area (Å²) in [5.74, 6) is -0.145. The Morgan fingerprint density at radius 2 is 2.00 bits per heavy atom. The van der Waals surface area contributed by atoms with Gasteiger partial charge in [0.25, 0.3) is 5.97 Å². The summed E-state index contributed by atoms with van der Waals surface area (Å²) in [7, 11) is -1.59. The van der Waals surface area contributed by atoms with Crippen molar-refractivity contribution in [1.29, 1.82) is 0 Å². The molecule has 9 heavy (non-hydrogen) atoms. The van der Waals surface area contributed by atoms with Gasteiger partial charge in [-0.1, -0.05) is 6.92 Å². The second-order valence-electron chi connectivity index (χ2n) is 2.71. The zero-order valence-corrected chi connectivity index (χ0v) is 7.52. The van der Waals surface area contributed by atoms with Crippen LogP contribution in [0, 0.1) is 0 Å². The van der Waals surface area contributed by atoms with Crippen molar-refractivity contribution in [2.24, 2.45) is 0 Å². The number of carbonyl (C=O) groups is 1. The Labute approximate surface area is 57.3 Å². The van der Waals surface area contributed by atoms with Crippen LogP contribution in [0.25, 0.3) is 0 Å². The van der Waals surface area contributed by atoms with E-state index in [2.05, 4.69) is 6.92 Å². The molecule has 0 N–H and O–H groups in total. The van der Waals surface area contributed by atoms with Crippen molar-refractivity contribution in [1.82, 2.24) is 0 Å². The standard InChI is InChI=1S/C6H14O2Si/c1-5-9(3,4)8-6(2)7/h5H2,1-4H3. The molecule has 54 valence electrons. The van der Waals surface area contributed by atoms with Crippen LogP contribution >= 0.6 is 0 Å². The monoisotopic (exact) mass is 146 g/mol. The molecule has 0 aromatic carbocycles. The van der Waals surface area contributed by atoms with Gasteiger partial charge >= 0.3 is 0 Å². The summed E-state index contributed by atoms with van der Waals surface area (Å²) in [6.07, 6.45) is 0. The highest BCUT2D eigenvalue weighted by molar-refractivity contribution is 6.72. The van der Waals surface area contributed by atoms with E-state index in [1.165, 1.54) is 6.92 Å². The molecule has 0 amide bonds. The molecule has 2 nitrogen and oxygen atoms in total. The molecule has 0 atom stereocenters. The van der Waals surface area contributed by atoms with Crippen LogP contribution in [0.15, 0.2) is 0 Å². The topological polar surface area (TPSA) is 26.3 Å². The van der Waals surface area contributed by atoms with Gasteiger partial charge in [-0.25, -0.2) is 0 Å². The summed E-state index contributed by atoms with van der Waals surface area (Å²) in [5, 5.41) is 0. The normalized spacial score (nSPS) is 11.1. The molecule has 0 saturated heterocycles. The molecule has 0 aliphatic rings. The van der Waals surface area contributed by atoms with Crippen molar-refractivity contribution in [2.45, 2.75) is 33.0 Å². The van der Waals surface area contributed by atoms with E-state index in [1.807, 2.05) is 13.1 Å². The number of hydrogen-bond acceptors (Lipinski definition) is 2. The highest BCUT2D eigenvalue weighted by Gasteiger charge is 2.21. The first-order valence-electron chi connectivity index (χ1n) is 3.17. The van der Waals surface area contributed by atoms with Crippen molar-refractivity contribution in [3.05, 3.63) is 0 Å². The van der Waals surface area contributed by atoms with E-state index in [9.17, 15) is 4.79 Å². The highest BCUT2D eigenvalue weighted by atomic mass is 28.4. The first kappa shape index (κ1) is 8.69. The molecule has 0 heterocycles. The van der Waals surface area contributed by atoms with E-state index in [4.69, 9.17) is 4.43 Å². The fraction of sp³-hybridized carbons (Fsp3) is 0.833. The van der Waals surface area contributed by atoms with E-state index in [1.54, 1.807) is 0 Å². The zero-order chi connectivity index (χ0) is 7.49. The molecule has 0 saturated carbocycles. The summed E-state index contributed by atoms with van der Waals surface area (Å²) < 4.78 is 5.09. The van der Waals surface area contributed by atoms with Crippen LogP contribution < -0.4 is 0 Å². The summed E-state index contributed by atoms with van der Waals surface area (Å²) in [6.45, 7) is 7.59. The quantitative estimate of drug-likeness (QED) is 0.555. The molecule has 0 aliphatic heterocycles. The van der Waals surface area contributed by atoms with Crippen LogP contribution in [-0.4, -0.2) is 14.3 Å². The third-order valence-corrected chi connectivity index (χ3v) is 3.81. The lowest BCUT2D eigenvalue weighted by Gasteiger charge is -2.18. The first-order valence-corrected chi connectivity index (χ1v) is 6.29. The maximum atomic E-state index is 10.4. The lowest BCUT2D eigenvalue weighted by atomic mass is 10.9. The van der Waals surface area contributed by atoms with Crippen LogP contribution in [-0.2, 0) is 9.22 Å². The van der Waals surface area contributed by atoms with E-state index in [0.29, 0.717) is 0 Å². The van der Waals surface area contributed by atoms with Crippen LogP contribution in [0.4, 0.5) is 0 Å². The maximum absolute atomic E-state index is 10.4. The van der Waals surface area contributed by atoms with Gasteiger partial charge in [0.2, 0.25) is 8.32 Å². The van der Waals surface area contributed by atoms with Crippen molar-refractivity contribution >= 4 is 14.3 Å². The van der Waals surface area contributed by atoms with Gasteiger partial charge in [0.05, 0.1) is 0 Å². The fourth-order valence-electron chi connectivity index (χ4n) is 0.461. The Kier molecular flexibility index (Phi) is 2.90. The zero-order valence-electron chi connectivity index (χ0n) is 6.52. The van der Waals surface area contributed by atoms with Crippen molar-refractivity contribution in [2.75, 3.05) is 0 Å². The Hall–Kier alpha value is -0.313. The number of carbonyl (C=O) groups excluding carboxylic acids is 1. The third-order valence-electron chi connectivity index (χ3n) is 1.27. The Bertz CT molecular complexity index is 110. The summed E-state index contributed by atoms with van der Waals surface area (Å²) in [6, 6.07) is 0.993. The molecule has 0 bridgehead atoms. The van der Waals surface area contributed by atoms with Gasteiger partial charge in [0.1, 0.15) is 0 Å². The van der Waals surface area contributed by atoms with Gasteiger partial charge in [-0.05, 0) is 19.1 Å². The molecule has 0 fully saturated rings.